The van der Waals surface area contributed by atoms with Gasteiger partial charge in [-0.15, -0.1) is 11.3 Å². The van der Waals surface area contributed by atoms with E-state index < -0.39 is 10.0 Å². The number of benzene rings is 1. The third-order valence-corrected chi connectivity index (χ3v) is 6.80. The maximum absolute atomic E-state index is 12.9. The summed E-state index contributed by atoms with van der Waals surface area (Å²) in [5.74, 6) is 0.967. The Morgan fingerprint density at radius 3 is 2.29 bits per heavy atom. The van der Waals surface area contributed by atoms with Gasteiger partial charge in [0.2, 0.25) is 15.8 Å². The Morgan fingerprint density at radius 2 is 1.74 bits per heavy atom. The molecule has 1 amide bonds. The third-order valence-electron chi connectivity index (χ3n) is 4.56. The Morgan fingerprint density at radius 1 is 1.13 bits per heavy atom. The van der Waals surface area contributed by atoms with E-state index in [2.05, 4.69) is 10.3 Å². The highest BCUT2D eigenvalue weighted by molar-refractivity contribution is 7.88. The number of hydrogen-bond acceptors (Lipinski definition) is 8. The van der Waals surface area contributed by atoms with Crippen molar-refractivity contribution in [2.75, 3.05) is 37.9 Å². The standard InChI is InChI=1S/C20H27N3O6S2/c1-5-27-15-10-13(11-16(28-6-2)18(15)29-7-3)19(24)22-20-21-14-8-9-23(31(4,25)26)12-17(14)30-20/h10-11H,5-9,12H2,1-4H3,(H,21,22,24). The van der Waals surface area contributed by atoms with Crippen LogP contribution in [0.2, 0.25) is 0 Å². The minimum absolute atomic E-state index is 0.272. The van der Waals surface area contributed by atoms with Crippen molar-refractivity contribution in [2.24, 2.45) is 0 Å². The highest BCUT2D eigenvalue weighted by Crippen LogP contribution is 2.39. The first-order valence-electron chi connectivity index (χ1n) is 10.1. The van der Waals surface area contributed by atoms with Crippen molar-refractivity contribution < 1.29 is 27.4 Å². The SMILES string of the molecule is CCOc1cc(C(=O)Nc2nc3c(s2)CN(S(C)(=O)=O)CC3)cc(OCC)c1OCC. The Kier molecular flexibility index (Phi) is 7.39. The molecule has 0 fully saturated rings. The Hall–Kier alpha value is -2.37. The molecular formula is C20H27N3O6S2. The molecule has 1 aromatic carbocycles. The maximum atomic E-state index is 12.9. The van der Waals surface area contributed by atoms with Crippen molar-refractivity contribution in [3.8, 4) is 17.2 Å². The number of ether oxygens (including phenoxy) is 3. The van der Waals surface area contributed by atoms with Crippen LogP contribution in [-0.2, 0) is 23.0 Å². The van der Waals surface area contributed by atoms with Crippen LogP contribution < -0.4 is 19.5 Å². The largest absolute Gasteiger partial charge is 0.490 e. The van der Waals surface area contributed by atoms with Gasteiger partial charge in [-0.2, -0.15) is 4.31 Å². The average molecular weight is 470 g/mol. The number of carbonyl (C=O) groups is 1. The first-order valence-corrected chi connectivity index (χ1v) is 12.7. The highest BCUT2D eigenvalue weighted by atomic mass is 32.2. The van der Waals surface area contributed by atoms with E-state index in [1.165, 1.54) is 21.9 Å². The summed E-state index contributed by atoms with van der Waals surface area (Å²) in [6.45, 7) is 7.47. The molecular weight excluding hydrogens is 442 g/mol. The number of hydrogen-bond donors (Lipinski definition) is 1. The van der Waals surface area contributed by atoms with Crippen LogP contribution in [0, 0.1) is 0 Å². The summed E-state index contributed by atoms with van der Waals surface area (Å²) in [5.41, 5.74) is 1.16. The molecule has 0 bridgehead atoms. The number of carbonyl (C=O) groups excluding carboxylic acids is 1. The van der Waals surface area contributed by atoms with Gasteiger partial charge in [-0.1, -0.05) is 0 Å². The lowest BCUT2D eigenvalue weighted by molar-refractivity contribution is 0.102. The number of sulfonamides is 1. The van der Waals surface area contributed by atoms with E-state index in [1.54, 1.807) is 12.1 Å². The van der Waals surface area contributed by atoms with Gasteiger partial charge in [-0.3, -0.25) is 10.1 Å². The minimum Gasteiger partial charge on any atom is -0.490 e. The second kappa shape index (κ2) is 9.84. The van der Waals surface area contributed by atoms with E-state index in [1.807, 2.05) is 20.8 Å². The van der Waals surface area contributed by atoms with E-state index in [9.17, 15) is 13.2 Å². The fourth-order valence-corrected chi connectivity index (χ4v) is 5.08. The van der Waals surface area contributed by atoms with Gasteiger partial charge in [0.25, 0.3) is 5.91 Å². The molecule has 11 heteroatoms. The normalized spacial score (nSPS) is 14.1. The average Bonchev–Trinajstić information content (AvgIpc) is 3.11. The zero-order chi connectivity index (χ0) is 22.6. The van der Waals surface area contributed by atoms with Crippen LogP contribution in [0.15, 0.2) is 12.1 Å². The Balaban J connectivity index is 1.84. The molecule has 2 heterocycles. The Labute approximate surface area is 186 Å². The van der Waals surface area contributed by atoms with Crippen molar-refractivity contribution in [1.82, 2.24) is 9.29 Å². The summed E-state index contributed by atoms with van der Waals surface area (Å²) in [6.07, 6.45) is 1.71. The molecule has 1 aliphatic heterocycles. The van der Waals surface area contributed by atoms with E-state index in [0.717, 1.165) is 10.6 Å². The fourth-order valence-electron chi connectivity index (χ4n) is 3.20. The summed E-state index contributed by atoms with van der Waals surface area (Å²) in [4.78, 5) is 18.2. The van der Waals surface area contributed by atoms with Crippen molar-refractivity contribution in [3.63, 3.8) is 0 Å². The van der Waals surface area contributed by atoms with Crippen molar-refractivity contribution >= 4 is 32.4 Å². The van der Waals surface area contributed by atoms with Crippen molar-refractivity contribution in [2.45, 2.75) is 33.7 Å². The van der Waals surface area contributed by atoms with Crippen LogP contribution in [0.4, 0.5) is 5.13 Å². The molecule has 0 saturated carbocycles. The number of thiazole rings is 1. The summed E-state index contributed by atoms with van der Waals surface area (Å²) in [6, 6.07) is 3.23. The van der Waals surface area contributed by atoms with E-state index in [4.69, 9.17) is 14.2 Å². The number of aromatic nitrogens is 1. The minimum atomic E-state index is -3.27. The quantitative estimate of drug-likeness (QED) is 0.602. The first kappa shape index (κ1) is 23.3. The van der Waals surface area contributed by atoms with Gasteiger partial charge in [-0.05, 0) is 32.9 Å². The molecule has 0 unspecified atom stereocenters. The third kappa shape index (κ3) is 5.46. The molecule has 170 valence electrons. The molecule has 2 aromatic rings. The van der Waals surface area contributed by atoms with E-state index in [-0.39, 0.29) is 12.5 Å². The number of nitrogens with one attached hydrogen (secondary N) is 1. The molecule has 1 aliphatic rings. The van der Waals surface area contributed by atoms with Gasteiger partial charge in [-0.25, -0.2) is 13.4 Å². The van der Waals surface area contributed by atoms with E-state index in [0.29, 0.717) is 60.7 Å². The first-order chi connectivity index (χ1) is 14.8. The summed E-state index contributed by atoms with van der Waals surface area (Å²) in [7, 11) is -3.27. The van der Waals surface area contributed by atoms with Crippen molar-refractivity contribution in [1.29, 1.82) is 0 Å². The molecule has 31 heavy (non-hydrogen) atoms. The molecule has 3 rings (SSSR count). The van der Waals surface area contributed by atoms with Gasteiger partial charge < -0.3 is 14.2 Å². The lowest BCUT2D eigenvalue weighted by atomic mass is 10.1. The summed E-state index contributed by atoms with van der Waals surface area (Å²) < 4.78 is 42.1. The van der Waals surface area contributed by atoms with Crippen LogP contribution >= 0.6 is 11.3 Å². The second-order valence-electron chi connectivity index (χ2n) is 6.79. The van der Waals surface area contributed by atoms with Crippen molar-refractivity contribution in [3.05, 3.63) is 28.3 Å². The second-order valence-corrected chi connectivity index (χ2v) is 9.86. The molecule has 9 nitrogen and oxygen atoms in total. The van der Waals surface area contributed by atoms with Gasteiger partial charge in [0.15, 0.2) is 16.6 Å². The molecule has 0 spiro atoms. The number of anilines is 1. The van der Waals surface area contributed by atoms with Crippen LogP contribution in [-0.4, -0.2) is 56.2 Å². The lowest BCUT2D eigenvalue weighted by Crippen LogP contribution is -2.34. The van der Waals surface area contributed by atoms with Crippen LogP contribution in [0.1, 0.15) is 41.7 Å². The van der Waals surface area contributed by atoms with Gasteiger partial charge in [0, 0.05) is 30.0 Å². The van der Waals surface area contributed by atoms with Crippen LogP contribution in [0.25, 0.3) is 0 Å². The topological polar surface area (TPSA) is 107 Å². The fraction of sp³-hybridized carbons (Fsp3) is 0.500. The summed E-state index contributed by atoms with van der Waals surface area (Å²) in [5, 5.41) is 3.23. The zero-order valence-corrected chi connectivity index (χ0v) is 19.7. The van der Waals surface area contributed by atoms with Crippen LogP contribution in [0.5, 0.6) is 17.2 Å². The predicted octanol–water partition coefficient (Wildman–Crippen LogP) is 2.91. The van der Waals surface area contributed by atoms with Gasteiger partial charge in [0.05, 0.1) is 31.8 Å². The molecule has 0 saturated heterocycles. The monoisotopic (exact) mass is 469 g/mol. The van der Waals surface area contributed by atoms with Gasteiger partial charge >= 0.3 is 0 Å². The Bertz CT molecular complexity index is 1020. The molecule has 0 aliphatic carbocycles. The molecule has 1 aromatic heterocycles. The predicted molar refractivity (Wildman–Crippen MR) is 119 cm³/mol. The number of nitrogens with zero attached hydrogens (tertiary/aromatic N) is 2. The molecule has 0 atom stereocenters. The number of fused-ring (bicyclic) bond motifs is 1. The number of amides is 1. The summed E-state index contributed by atoms with van der Waals surface area (Å²) >= 11 is 1.28. The molecule has 0 radical (unpaired) electrons. The number of rotatable bonds is 9. The maximum Gasteiger partial charge on any atom is 0.257 e. The smallest absolute Gasteiger partial charge is 0.257 e. The lowest BCUT2D eigenvalue weighted by Gasteiger charge is -2.23. The zero-order valence-electron chi connectivity index (χ0n) is 18.1. The highest BCUT2D eigenvalue weighted by Gasteiger charge is 2.27. The van der Waals surface area contributed by atoms with E-state index >= 15 is 0 Å². The van der Waals surface area contributed by atoms with Gasteiger partial charge in [0.1, 0.15) is 0 Å². The van der Waals surface area contributed by atoms with Crippen LogP contribution in [0.3, 0.4) is 0 Å². The molecule has 1 N–H and O–H groups in total.